The summed E-state index contributed by atoms with van der Waals surface area (Å²) in [6.07, 6.45) is 1.07. The van der Waals surface area contributed by atoms with Gasteiger partial charge in [-0.25, -0.2) is 4.79 Å². The number of benzene rings is 1. The summed E-state index contributed by atoms with van der Waals surface area (Å²) in [6.45, 7) is 6.65. The fourth-order valence-electron chi connectivity index (χ4n) is 2.43. The SMILES string of the molecule is CC(C)(C)OC(=O)N1CCC([S+]([O-])c2ccc(C#N)cc2)CC1. The Bertz CT molecular complexity index is 581. The molecular weight excluding hydrogens is 312 g/mol. The van der Waals surface area contributed by atoms with Crippen LogP contribution in [0.15, 0.2) is 29.2 Å². The molecule has 5 nitrogen and oxygen atoms in total. The van der Waals surface area contributed by atoms with E-state index in [0.29, 0.717) is 31.5 Å². The van der Waals surface area contributed by atoms with Gasteiger partial charge in [0.05, 0.1) is 11.6 Å². The van der Waals surface area contributed by atoms with Crippen molar-refractivity contribution < 1.29 is 14.1 Å². The van der Waals surface area contributed by atoms with Crippen molar-refractivity contribution in [3.8, 4) is 6.07 Å². The number of ether oxygens (including phenoxy) is 1. The first-order valence-corrected chi connectivity index (χ1v) is 8.90. The highest BCUT2D eigenvalue weighted by molar-refractivity contribution is 7.92. The number of hydrogen-bond donors (Lipinski definition) is 0. The number of piperidine rings is 1. The molecule has 23 heavy (non-hydrogen) atoms. The number of carbonyl (C=O) groups is 1. The largest absolute Gasteiger partial charge is 0.611 e. The van der Waals surface area contributed by atoms with Crippen LogP contribution in [0.2, 0.25) is 0 Å². The van der Waals surface area contributed by atoms with Gasteiger partial charge in [0, 0.05) is 25.9 Å². The molecule has 1 amide bonds. The van der Waals surface area contributed by atoms with E-state index in [1.807, 2.05) is 20.8 Å². The van der Waals surface area contributed by atoms with E-state index >= 15 is 0 Å². The summed E-state index contributed by atoms with van der Waals surface area (Å²) in [4.78, 5) is 14.4. The fraction of sp³-hybridized carbons (Fsp3) is 0.529. The van der Waals surface area contributed by atoms with Crippen molar-refractivity contribution in [2.75, 3.05) is 13.1 Å². The Morgan fingerprint density at radius 2 is 1.87 bits per heavy atom. The second-order valence-corrected chi connectivity index (χ2v) is 8.33. The number of amides is 1. The number of nitrogens with zero attached hydrogens (tertiary/aromatic N) is 2. The van der Waals surface area contributed by atoms with Gasteiger partial charge in [0.25, 0.3) is 0 Å². The third kappa shape index (κ3) is 4.88. The minimum atomic E-state index is -1.12. The third-order valence-electron chi connectivity index (χ3n) is 3.61. The van der Waals surface area contributed by atoms with E-state index in [9.17, 15) is 9.35 Å². The molecule has 0 N–H and O–H groups in total. The molecule has 6 heteroatoms. The molecule has 1 aliphatic rings. The molecule has 1 fully saturated rings. The molecule has 1 heterocycles. The zero-order valence-electron chi connectivity index (χ0n) is 13.7. The van der Waals surface area contributed by atoms with Gasteiger partial charge >= 0.3 is 6.09 Å². The van der Waals surface area contributed by atoms with Gasteiger partial charge < -0.3 is 14.2 Å². The van der Waals surface area contributed by atoms with Crippen molar-refractivity contribution in [1.29, 1.82) is 5.26 Å². The van der Waals surface area contributed by atoms with Gasteiger partial charge in [-0.1, -0.05) is 0 Å². The maximum absolute atomic E-state index is 12.6. The van der Waals surface area contributed by atoms with Crippen LogP contribution in [0.1, 0.15) is 39.2 Å². The smallest absolute Gasteiger partial charge is 0.410 e. The van der Waals surface area contributed by atoms with Crippen LogP contribution in [-0.2, 0) is 15.9 Å². The van der Waals surface area contributed by atoms with E-state index in [1.54, 1.807) is 29.2 Å². The molecule has 124 valence electrons. The Morgan fingerprint density at radius 1 is 1.30 bits per heavy atom. The molecule has 2 rings (SSSR count). The second kappa shape index (κ2) is 7.24. The molecule has 1 aliphatic heterocycles. The van der Waals surface area contributed by atoms with Gasteiger partial charge in [0.15, 0.2) is 4.90 Å². The number of likely N-dealkylation sites (tertiary alicyclic amines) is 1. The lowest BCUT2D eigenvalue weighted by atomic mass is 10.1. The van der Waals surface area contributed by atoms with Gasteiger partial charge in [-0.05, 0) is 56.2 Å². The molecule has 1 aromatic rings. The highest BCUT2D eigenvalue weighted by Gasteiger charge is 2.33. The average Bonchev–Trinajstić information content (AvgIpc) is 2.53. The van der Waals surface area contributed by atoms with Crippen LogP contribution in [0.25, 0.3) is 0 Å². The van der Waals surface area contributed by atoms with Crippen LogP contribution >= 0.6 is 0 Å². The topological polar surface area (TPSA) is 76.4 Å². The number of rotatable bonds is 2. The molecule has 0 saturated carbocycles. The van der Waals surface area contributed by atoms with Crippen molar-refractivity contribution in [2.24, 2.45) is 0 Å². The first kappa shape index (κ1) is 17.6. The van der Waals surface area contributed by atoms with Crippen molar-refractivity contribution in [3.05, 3.63) is 29.8 Å². The minimum Gasteiger partial charge on any atom is -0.611 e. The van der Waals surface area contributed by atoms with Crippen molar-refractivity contribution in [3.63, 3.8) is 0 Å². The first-order valence-electron chi connectivity index (χ1n) is 7.69. The zero-order chi connectivity index (χ0) is 17.0. The molecule has 1 unspecified atom stereocenters. The van der Waals surface area contributed by atoms with Crippen LogP contribution < -0.4 is 0 Å². The summed E-state index contributed by atoms with van der Waals surface area (Å²) >= 11 is -1.12. The monoisotopic (exact) mass is 334 g/mol. The summed E-state index contributed by atoms with van der Waals surface area (Å²) < 4.78 is 18.0. The molecule has 1 aromatic carbocycles. The summed E-state index contributed by atoms with van der Waals surface area (Å²) in [7, 11) is 0. The maximum Gasteiger partial charge on any atom is 0.410 e. The standard InChI is InChI=1S/C17H22N2O3S/c1-17(2,3)22-16(20)19-10-8-15(9-11-19)23(21)14-6-4-13(12-18)5-7-14/h4-7,15H,8-11H2,1-3H3. The van der Waals surface area contributed by atoms with E-state index in [1.165, 1.54) is 0 Å². The van der Waals surface area contributed by atoms with E-state index in [4.69, 9.17) is 10.00 Å². The van der Waals surface area contributed by atoms with Gasteiger partial charge in [-0.15, -0.1) is 0 Å². The van der Waals surface area contributed by atoms with E-state index in [0.717, 1.165) is 4.90 Å². The minimum absolute atomic E-state index is 0.0293. The number of carbonyl (C=O) groups excluding carboxylic acids is 1. The Labute approximate surface area is 140 Å². The van der Waals surface area contributed by atoms with E-state index in [-0.39, 0.29) is 11.3 Å². The highest BCUT2D eigenvalue weighted by atomic mass is 32.2. The predicted molar refractivity (Wildman–Crippen MR) is 88.4 cm³/mol. The number of hydrogen-bond acceptors (Lipinski definition) is 4. The zero-order valence-corrected chi connectivity index (χ0v) is 14.6. The van der Waals surface area contributed by atoms with E-state index < -0.39 is 16.8 Å². The molecule has 1 atom stereocenters. The molecule has 0 aromatic heterocycles. The van der Waals surface area contributed by atoms with Crippen molar-refractivity contribution in [2.45, 2.75) is 49.4 Å². The third-order valence-corrected chi connectivity index (χ3v) is 5.43. The number of nitriles is 1. The summed E-state index contributed by atoms with van der Waals surface area (Å²) in [5.74, 6) is 0. The van der Waals surface area contributed by atoms with Crippen LogP contribution in [-0.4, -0.2) is 39.5 Å². The van der Waals surface area contributed by atoms with Gasteiger partial charge in [0.1, 0.15) is 10.9 Å². The van der Waals surface area contributed by atoms with Gasteiger partial charge in [-0.2, -0.15) is 5.26 Å². The second-order valence-electron chi connectivity index (χ2n) is 6.60. The Kier molecular flexibility index (Phi) is 5.55. The molecule has 0 spiro atoms. The lowest BCUT2D eigenvalue weighted by Crippen LogP contribution is -2.44. The lowest BCUT2D eigenvalue weighted by molar-refractivity contribution is 0.0217. The van der Waals surface area contributed by atoms with E-state index in [2.05, 4.69) is 6.07 Å². The molecule has 0 radical (unpaired) electrons. The molecule has 1 saturated heterocycles. The molecule has 0 bridgehead atoms. The van der Waals surface area contributed by atoms with Crippen LogP contribution in [0.4, 0.5) is 4.79 Å². The quantitative estimate of drug-likeness (QED) is 0.779. The average molecular weight is 334 g/mol. The Morgan fingerprint density at radius 3 is 2.35 bits per heavy atom. The Hall–Kier alpha value is -1.71. The molecular formula is C17H22N2O3S. The highest BCUT2D eigenvalue weighted by Crippen LogP contribution is 2.25. The molecule has 0 aliphatic carbocycles. The normalized spacial score (nSPS) is 17.4. The van der Waals surface area contributed by atoms with Gasteiger partial charge in [0.2, 0.25) is 0 Å². The Balaban J connectivity index is 1.90. The van der Waals surface area contributed by atoms with Crippen LogP contribution in [0, 0.1) is 11.3 Å². The summed E-state index contributed by atoms with van der Waals surface area (Å²) in [6, 6.07) is 8.91. The van der Waals surface area contributed by atoms with Crippen molar-refractivity contribution >= 4 is 17.3 Å². The summed E-state index contributed by atoms with van der Waals surface area (Å²) in [5.41, 5.74) is 0.0599. The summed E-state index contributed by atoms with van der Waals surface area (Å²) in [5, 5.41) is 8.83. The maximum atomic E-state index is 12.6. The fourth-order valence-corrected chi connectivity index (χ4v) is 3.86. The lowest BCUT2D eigenvalue weighted by Gasteiger charge is -2.33. The van der Waals surface area contributed by atoms with Crippen LogP contribution in [0.5, 0.6) is 0 Å². The van der Waals surface area contributed by atoms with Gasteiger partial charge in [-0.3, -0.25) is 0 Å². The first-order chi connectivity index (χ1) is 10.8. The predicted octanol–water partition coefficient (Wildman–Crippen LogP) is 3.07. The van der Waals surface area contributed by atoms with Crippen molar-refractivity contribution in [1.82, 2.24) is 4.90 Å². The van der Waals surface area contributed by atoms with Crippen LogP contribution in [0.3, 0.4) is 0 Å².